The number of anilines is 2. The van der Waals surface area contributed by atoms with Gasteiger partial charge in [0.1, 0.15) is 5.82 Å². The number of nitrogens with two attached hydrogens (primary N) is 1. The van der Waals surface area contributed by atoms with Gasteiger partial charge in [0.05, 0.1) is 11.9 Å². The zero-order chi connectivity index (χ0) is 24.0. The molecule has 2 aromatic heterocycles. The van der Waals surface area contributed by atoms with E-state index in [-0.39, 0.29) is 29.8 Å². The third kappa shape index (κ3) is 5.79. The van der Waals surface area contributed by atoms with E-state index in [2.05, 4.69) is 10.1 Å². The average molecular weight is 453 g/mol. The minimum absolute atomic E-state index is 0.0267. The molecule has 0 aliphatic heterocycles. The topological polar surface area (TPSA) is 119 Å². The van der Waals surface area contributed by atoms with Crippen LogP contribution in [0.5, 0.6) is 0 Å². The highest BCUT2D eigenvalue weighted by Crippen LogP contribution is 2.20. The number of rotatable bonds is 10. The monoisotopic (exact) mass is 452 g/mol. The SMILES string of the molecule is CCCCN(C(=O)CCc1cnn(-c2ccccc2)c1)c1c(N)n(CC(C)C)c(=O)[nH]c1=O. The van der Waals surface area contributed by atoms with Gasteiger partial charge >= 0.3 is 5.69 Å². The van der Waals surface area contributed by atoms with Crippen molar-refractivity contribution in [3.63, 3.8) is 0 Å². The number of nitrogens with one attached hydrogen (secondary N) is 1. The molecule has 0 saturated carbocycles. The molecule has 0 aliphatic rings. The summed E-state index contributed by atoms with van der Waals surface area (Å²) in [6, 6.07) is 9.72. The molecule has 0 bridgehead atoms. The standard InChI is InChI=1S/C24H32N6O3/c1-4-5-13-28(21-22(25)29(15-17(2)3)24(33)27-23(21)32)20(31)12-11-18-14-26-30(16-18)19-9-7-6-8-10-19/h6-10,14,16-17H,4-5,11-13,15,25H2,1-3H3,(H,27,32,33). The summed E-state index contributed by atoms with van der Waals surface area (Å²) in [5, 5.41) is 4.37. The van der Waals surface area contributed by atoms with Gasteiger partial charge in [0, 0.05) is 25.7 Å². The summed E-state index contributed by atoms with van der Waals surface area (Å²) >= 11 is 0. The van der Waals surface area contributed by atoms with Crippen LogP contribution in [0.2, 0.25) is 0 Å². The van der Waals surface area contributed by atoms with Crippen LogP contribution in [0.15, 0.2) is 52.3 Å². The number of benzene rings is 1. The van der Waals surface area contributed by atoms with E-state index in [0.29, 0.717) is 25.9 Å². The molecule has 3 rings (SSSR count). The maximum Gasteiger partial charge on any atom is 0.330 e. The molecule has 9 nitrogen and oxygen atoms in total. The summed E-state index contributed by atoms with van der Waals surface area (Å²) in [5.41, 5.74) is 6.95. The van der Waals surface area contributed by atoms with E-state index in [9.17, 15) is 14.4 Å². The summed E-state index contributed by atoms with van der Waals surface area (Å²) in [5.74, 6) is -0.0497. The van der Waals surface area contributed by atoms with Gasteiger partial charge in [-0.3, -0.25) is 19.1 Å². The van der Waals surface area contributed by atoms with Gasteiger partial charge < -0.3 is 10.6 Å². The first kappa shape index (κ1) is 24.0. The second kappa shape index (κ2) is 10.8. The van der Waals surface area contributed by atoms with E-state index < -0.39 is 11.2 Å². The van der Waals surface area contributed by atoms with Crippen molar-refractivity contribution in [1.82, 2.24) is 19.3 Å². The number of amides is 1. The minimum Gasteiger partial charge on any atom is -0.383 e. The Labute approximate surface area is 192 Å². The van der Waals surface area contributed by atoms with Crippen LogP contribution in [-0.4, -0.2) is 31.8 Å². The highest BCUT2D eigenvalue weighted by Gasteiger charge is 2.24. The number of nitrogens with zero attached hydrogens (tertiary/aromatic N) is 4. The number of unbranched alkanes of at least 4 members (excludes halogenated alkanes) is 1. The van der Waals surface area contributed by atoms with E-state index >= 15 is 0 Å². The molecule has 3 N–H and O–H groups in total. The number of hydrogen-bond acceptors (Lipinski definition) is 5. The summed E-state index contributed by atoms with van der Waals surface area (Å²) in [6.45, 7) is 6.61. The average Bonchev–Trinajstić information content (AvgIpc) is 3.26. The number of hydrogen-bond donors (Lipinski definition) is 2. The van der Waals surface area contributed by atoms with Crippen LogP contribution in [0.1, 0.15) is 45.6 Å². The van der Waals surface area contributed by atoms with E-state index in [1.54, 1.807) is 10.9 Å². The van der Waals surface area contributed by atoms with Crippen molar-refractivity contribution >= 4 is 17.4 Å². The molecule has 0 fully saturated rings. The molecule has 0 unspecified atom stereocenters. The van der Waals surface area contributed by atoms with Gasteiger partial charge in [-0.05, 0) is 36.5 Å². The Morgan fingerprint density at radius 2 is 1.94 bits per heavy atom. The fourth-order valence-electron chi connectivity index (χ4n) is 3.66. The lowest BCUT2D eigenvalue weighted by Gasteiger charge is -2.25. The predicted octanol–water partition coefficient (Wildman–Crippen LogP) is 2.73. The fraction of sp³-hybridized carbons (Fsp3) is 0.417. The van der Waals surface area contributed by atoms with Crippen molar-refractivity contribution in [2.24, 2.45) is 5.92 Å². The smallest absolute Gasteiger partial charge is 0.330 e. The molecule has 0 radical (unpaired) electrons. The number of H-pyrrole nitrogens is 1. The number of carbonyl (C=O) groups is 1. The van der Waals surface area contributed by atoms with Gasteiger partial charge in [-0.1, -0.05) is 45.4 Å². The van der Waals surface area contributed by atoms with Gasteiger partial charge in [0.2, 0.25) is 5.91 Å². The summed E-state index contributed by atoms with van der Waals surface area (Å²) in [4.78, 5) is 42.0. The quantitative estimate of drug-likeness (QED) is 0.490. The van der Waals surface area contributed by atoms with Crippen LogP contribution in [0.3, 0.4) is 0 Å². The minimum atomic E-state index is -0.640. The zero-order valence-electron chi connectivity index (χ0n) is 19.5. The predicted molar refractivity (Wildman–Crippen MR) is 130 cm³/mol. The Morgan fingerprint density at radius 1 is 1.21 bits per heavy atom. The number of aryl methyl sites for hydroxylation is 1. The summed E-state index contributed by atoms with van der Waals surface area (Å²) in [6.07, 6.45) is 5.84. The fourth-order valence-corrected chi connectivity index (χ4v) is 3.66. The molecule has 1 amide bonds. The Kier molecular flexibility index (Phi) is 7.87. The van der Waals surface area contributed by atoms with Crippen molar-refractivity contribution in [2.75, 3.05) is 17.2 Å². The Balaban J connectivity index is 1.83. The van der Waals surface area contributed by atoms with Gasteiger partial charge in [-0.25, -0.2) is 9.48 Å². The molecule has 3 aromatic rings. The normalized spacial score (nSPS) is 11.2. The maximum atomic E-state index is 13.2. The first-order valence-electron chi connectivity index (χ1n) is 11.3. The third-order valence-electron chi connectivity index (χ3n) is 5.35. The Bertz CT molecular complexity index is 1190. The van der Waals surface area contributed by atoms with Gasteiger partial charge in [-0.15, -0.1) is 0 Å². The summed E-state index contributed by atoms with van der Waals surface area (Å²) < 4.78 is 3.09. The third-order valence-corrected chi connectivity index (χ3v) is 5.35. The lowest BCUT2D eigenvalue weighted by Crippen LogP contribution is -2.42. The molecule has 176 valence electrons. The first-order chi connectivity index (χ1) is 15.8. The van der Waals surface area contributed by atoms with E-state index in [0.717, 1.165) is 17.7 Å². The second-order valence-corrected chi connectivity index (χ2v) is 8.53. The van der Waals surface area contributed by atoms with E-state index in [1.807, 2.05) is 57.3 Å². The largest absolute Gasteiger partial charge is 0.383 e. The zero-order valence-corrected chi connectivity index (χ0v) is 19.5. The number of para-hydroxylation sites is 1. The van der Waals surface area contributed by atoms with Crippen LogP contribution in [0, 0.1) is 5.92 Å². The second-order valence-electron chi connectivity index (χ2n) is 8.53. The van der Waals surface area contributed by atoms with Crippen molar-refractivity contribution in [3.05, 3.63) is 69.1 Å². The van der Waals surface area contributed by atoms with Crippen molar-refractivity contribution in [3.8, 4) is 5.69 Å². The van der Waals surface area contributed by atoms with Gasteiger partial charge in [0.15, 0.2) is 5.69 Å². The van der Waals surface area contributed by atoms with Crippen LogP contribution in [0.4, 0.5) is 11.5 Å². The number of aromatic nitrogens is 4. The highest BCUT2D eigenvalue weighted by molar-refractivity contribution is 5.95. The molecular formula is C24H32N6O3. The van der Waals surface area contributed by atoms with Crippen LogP contribution < -0.4 is 21.9 Å². The lowest BCUT2D eigenvalue weighted by atomic mass is 10.1. The van der Waals surface area contributed by atoms with Crippen molar-refractivity contribution in [2.45, 2.75) is 53.0 Å². The van der Waals surface area contributed by atoms with Crippen LogP contribution in [-0.2, 0) is 17.8 Å². The van der Waals surface area contributed by atoms with Crippen LogP contribution >= 0.6 is 0 Å². The molecule has 33 heavy (non-hydrogen) atoms. The molecular weight excluding hydrogens is 420 g/mol. The molecule has 1 aromatic carbocycles. The summed E-state index contributed by atoms with van der Waals surface area (Å²) in [7, 11) is 0. The molecule has 2 heterocycles. The Morgan fingerprint density at radius 3 is 2.61 bits per heavy atom. The first-order valence-corrected chi connectivity index (χ1v) is 11.3. The van der Waals surface area contributed by atoms with E-state index in [1.165, 1.54) is 9.47 Å². The van der Waals surface area contributed by atoms with Gasteiger partial charge in [0.25, 0.3) is 5.56 Å². The Hall–Kier alpha value is -3.62. The van der Waals surface area contributed by atoms with Crippen molar-refractivity contribution in [1.29, 1.82) is 0 Å². The van der Waals surface area contributed by atoms with Gasteiger partial charge in [-0.2, -0.15) is 5.10 Å². The number of carbonyl (C=O) groups excluding carboxylic acids is 1. The molecule has 0 saturated heterocycles. The maximum absolute atomic E-state index is 13.2. The molecule has 0 aliphatic carbocycles. The van der Waals surface area contributed by atoms with E-state index in [4.69, 9.17) is 5.73 Å². The molecule has 9 heteroatoms. The van der Waals surface area contributed by atoms with Crippen LogP contribution in [0.25, 0.3) is 5.69 Å². The number of nitrogen functional groups attached to an aromatic ring is 1. The molecule has 0 spiro atoms. The molecule has 0 atom stereocenters. The number of aromatic amines is 1. The highest BCUT2D eigenvalue weighted by atomic mass is 16.2. The van der Waals surface area contributed by atoms with Crippen molar-refractivity contribution < 1.29 is 4.79 Å². The lowest BCUT2D eigenvalue weighted by molar-refractivity contribution is -0.118.